The van der Waals surface area contributed by atoms with Gasteiger partial charge >= 0.3 is 12.1 Å². The van der Waals surface area contributed by atoms with Gasteiger partial charge in [0.2, 0.25) is 0 Å². The fraction of sp³-hybridized carbons (Fsp3) is 0.462. The summed E-state index contributed by atoms with van der Waals surface area (Å²) in [6, 6.07) is 4.05. The number of rotatable bonds is 3. The molecule has 1 aliphatic heterocycles. The molecule has 0 saturated carbocycles. The van der Waals surface area contributed by atoms with Crippen LogP contribution in [0, 0.1) is 0 Å². The minimum atomic E-state index is -4.36. The van der Waals surface area contributed by atoms with E-state index in [1.165, 1.54) is 19.2 Å². The molecule has 0 aromatic heterocycles. The summed E-state index contributed by atoms with van der Waals surface area (Å²) in [7, 11) is 1.30. The molecule has 110 valence electrons. The number of carbonyl (C=O) groups is 1. The minimum absolute atomic E-state index is 0.268. The maximum atomic E-state index is 12.4. The topological polar surface area (TPSA) is 47.6 Å². The van der Waals surface area contributed by atoms with E-state index >= 15 is 0 Å². The molecule has 2 rings (SSSR count). The Labute approximate surface area is 113 Å². The van der Waals surface area contributed by atoms with Crippen LogP contribution in [0.3, 0.4) is 0 Å². The molecular weight excluding hydrogens is 275 g/mol. The molecule has 1 saturated heterocycles. The van der Waals surface area contributed by atoms with Gasteiger partial charge in [-0.3, -0.25) is 4.79 Å². The van der Waals surface area contributed by atoms with E-state index < -0.39 is 17.8 Å². The normalized spacial score (nSPS) is 22.6. The highest BCUT2D eigenvalue weighted by atomic mass is 19.4. The summed E-state index contributed by atoms with van der Waals surface area (Å²) in [6.45, 7) is 0.445. The predicted molar refractivity (Wildman–Crippen MR) is 64.3 cm³/mol. The molecule has 1 aromatic carbocycles. The molecular formula is C13H14F3NO3. The lowest BCUT2D eigenvalue weighted by Crippen LogP contribution is -2.31. The number of hydrogen-bond donors (Lipinski definition) is 1. The monoisotopic (exact) mass is 289 g/mol. The molecule has 1 N–H and O–H groups in total. The van der Waals surface area contributed by atoms with Crippen molar-refractivity contribution < 1.29 is 27.4 Å². The first-order chi connectivity index (χ1) is 9.40. The van der Waals surface area contributed by atoms with E-state index in [4.69, 9.17) is 4.74 Å². The smallest absolute Gasteiger partial charge is 0.416 e. The summed E-state index contributed by atoms with van der Waals surface area (Å²) in [5.74, 6) is -0.0289. The molecule has 1 aliphatic rings. The average molecular weight is 289 g/mol. The van der Waals surface area contributed by atoms with Gasteiger partial charge in [0.15, 0.2) is 0 Å². The van der Waals surface area contributed by atoms with Gasteiger partial charge in [-0.2, -0.15) is 13.2 Å². The Morgan fingerprint density at radius 3 is 2.50 bits per heavy atom. The number of hydrogen-bond acceptors (Lipinski definition) is 4. The number of methoxy groups -OCH3 is 1. The molecule has 0 bridgehead atoms. The molecule has 2 atom stereocenters. The van der Waals surface area contributed by atoms with Crippen LogP contribution in [0.15, 0.2) is 24.3 Å². The molecule has 0 amide bonds. The number of nitrogens with one attached hydrogen (secondary N) is 1. The molecule has 7 heteroatoms. The number of halogens is 3. The Morgan fingerprint density at radius 1 is 1.30 bits per heavy atom. The van der Waals surface area contributed by atoms with E-state index in [0.717, 1.165) is 12.1 Å². The first-order valence-corrected chi connectivity index (χ1v) is 6.05. The van der Waals surface area contributed by atoms with Crippen molar-refractivity contribution in [2.24, 2.45) is 0 Å². The Bertz CT molecular complexity index is 473. The Hall–Kier alpha value is -1.76. The van der Waals surface area contributed by atoms with Crippen molar-refractivity contribution in [3.05, 3.63) is 29.8 Å². The molecule has 20 heavy (non-hydrogen) atoms. The Balaban J connectivity index is 1.93. The van der Waals surface area contributed by atoms with Gasteiger partial charge < -0.3 is 14.8 Å². The van der Waals surface area contributed by atoms with E-state index in [1.54, 1.807) is 0 Å². The molecule has 1 aromatic rings. The molecule has 4 nitrogen and oxygen atoms in total. The quantitative estimate of drug-likeness (QED) is 0.865. The summed E-state index contributed by atoms with van der Waals surface area (Å²) in [5.41, 5.74) is -0.721. The van der Waals surface area contributed by atoms with Gasteiger partial charge in [-0.25, -0.2) is 0 Å². The average Bonchev–Trinajstić information content (AvgIpc) is 2.86. The number of ether oxygens (including phenoxy) is 2. The zero-order chi connectivity index (χ0) is 14.8. The van der Waals surface area contributed by atoms with E-state index in [1.807, 2.05) is 0 Å². The lowest BCUT2D eigenvalue weighted by atomic mass is 10.2. The molecule has 0 spiro atoms. The van der Waals surface area contributed by atoms with Gasteiger partial charge in [-0.05, 0) is 24.3 Å². The van der Waals surface area contributed by atoms with Gasteiger partial charge in [-0.15, -0.1) is 0 Å². The van der Waals surface area contributed by atoms with Crippen LogP contribution in [0.4, 0.5) is 13.2 Å². The van der Waals surface area contributed by atoms with E-state index in [2.05, 4.69) is 10.1 Å². The molecule has 0 unspecified atom stereocenters. The standard InChI is InChI=1S/C13H14F3NO3/c1-19-12(18)11-6-10(7-17-11)20-9-4-2-8(3-5-9)13(14,15)16/h2-5,10-11,17H,6-7H2,1H3/t10-,11+/m1/s1. The van der Waals surface area contributed by atoms with E-state index in [0.29, 0.717) is 18.7 Å². The Kier molecular flexibility index (Phi) is 4.17. The van der Waals surface area contributed by atoms with Crippen molar-refractivity contribution in [1.29, 1.82) is 0 Å². The van der Waals surface area contributed by atoms with Crippen molar-refractivity contribution in [2.45, 2.75) is 24.7 Å². The third kappa shape index (κ3) is 3.41. The van der Waals surface area contributed by atoms with Gasteiger partial charge in [0, 0.05) is 13.0 Å². The number of carbonyl (C=O) groups excluding carboxylic acids is 1. The largest absolute Gasteiger partial charge is 0.489 e. The van der Waals surface area contributed by atoms with Crippen molar-refractivity contribution in [3.8, 4) is 5.75 Å². The van der Waals surface area contributed by atoms with Crippen LogP contribution in [-0.4, -0.2) is 31.8 Å². The first-order valence-electron chi connectivity index (χ1n) is 6.05. The van der Waals surface area contributed by atoms with Crippen molar-refractivity contribution in [2.75, 3.05) is 13.7 Å². The third-order valence-corrected chi connectivity index (χ3v) is 3.06. The lowest BCUT2D eigenvalue weighted by molar-refractivity contribution is -0.142. The third-order valence-electron chi connectivity index (χ3n) is 3.06. The van der Waals surface area contributed by atoms with Crippen LogP contribution in [0.5, 0.6) is 5.75 Å². The SMILES string of the molecule is COC(=O)[C@@H]1C[C@@H](Oc2ccc(C(F)(F)F)cc2)CN1. The highest BCUT2D eigenvalue weighted by molar-refractivity contribution is 5.76. The summed E-state index contributed by atoms with van der Waals surface area (Å²) in [5, 5.41) is 2.93. The van der Waals surface area contributed by atoms with Gasteiger partial charge in [-0.1, -0.05) is 0 Å². The summed E-state index contributed by atoms with van der Waals surface area (Å²) >= 11 is 0. The van der Waals surface area contributed by atoms with Crippen molar-refractivity contribution >= 4 is 5.97 Å². The van der Waals surface area contributed by atoms with Crippen LogP contribution in [0.25, 0.3) is 0 Å². The second kappa shape index (κ2) is 5.70. The fourth-order valence-electron chi connectivity index (χ4n) is 2.03. The Morgan fingerprint density at radius 2 is 1.95 bits per heavy atom. The maximum absolute atomic E-state index is 12.4. The van der Waals surface area contributed by atoms with Crippen LogP contribution in [-0.2, 0) is 15.7 Å². The van der Waals surface area contributed by atoms with Crippen molar-refractivity contribution in [1.82, 2.24) is 5.32 Å². The minimum Gasteiger partial charge on any atom is -0.489 e. The highest BCUT2D eigenvalue weighted by Crippen LogP contribution is 2.30. The molecule has 0 aliphatic carbocycles. The summed E-state index contributed by atoms with van der Waals surface area (Å²) < 4.78 is 47.3. The van der Waals surface area contributed by atoms with Gasteiger partial charge in [0.05, 0.1) is 12.7 Å². The van der Waals surface area contributed by atoms with Crippen LogP contribution >= 0.6 is 0 Å². The molecule has 1 heterocycles. The number of alkyl halides is 3. The highest BCUT2D eigenvalue weighted by Gasteiger charge is 2.32. The lowest BCUT2D eigenvalue weighted by Gasteiger charge is -2.13. The zero-order valence-corrected chi connectivity index (χ0v) is 10.7. The number of benzene rings is 1. The second-order valence-electron chi connectivity index (χ2n) is 4.48. The van der Waals surface area contributed by atoms with Crippen LogP contribution in [0.1, 0.15) is 12.0 Å². The summed E-state index contributed by atoms with van der Waals surface area (Å²) in [4.78, 5) is 11.3. The van der Waals surface area contributed by atoms with Crippen LogP contribution < -0.4 is 10.1 Å². The van der Waals surface area contributed by atoms with Gasteiger partial charge in [0.1, 0.15) is 17.9 Å². The molecule has 0 radical (unpaired) electrons. The zero-order valence-electron chi connectivity index (χ0n) is 10.7. The van der Waals surface area contributed by atoms with Crippen molar-refractivity contribution in [3.63, 3.8) is 0 Å². The van der Waals surface area contributed by atoms with E-state index in [-0.39, 0.29) is 12.1 Å². The van der Waals surface area contributed by atoms with Gasteiger partial charge in [0.25, 0.3) is 0 Å². The first kappa shape index (κ1) is 14.6. The number of esters is 1. The maximum Gasteiger partial charge on any atom is 0.416 e. The van der Waals surface area contributed by atoms with Crippen LogP contribution in [0.2, 0.25) is 0 Å². The predicted octanol–water partition coefficient (Wildman–Crippen LogP) is 1.99. The molecule has 1 fully saturated rings. The van der Waals surface area contributed by atoms with E-state index in [9.17, 15) is 18.0 Å². The summed E-state index contributed by atoms with van der Waals surface area (Å²) in [6.07, 6.45) is -4.20. The second-order valence-corrected chi connectivity index (χ2v) is 4.48. The fourth-order valence-corrected chi connectivity index (χ4v) is 2.03.